The number of hydrogen-bond donors (Lipinski definition) is 4. The molecule has 2 heterocycles. The van der Waals surface area contributed by atoms with Crippen molar-refractivity contribution in [1.29, 1.82) is 0 Å². The number of carbonyl (C=O) groups excluding carboxylic acids is 3. The van der Waals surface area contributed by atoms with Gasteiger partial charge in [-0.2, -0.15) is 0 Å². The van der Waals surface area contributed by atoms with Crippen LogP contribution in [0.5, 0.6) is 0 Å². The van der Waals surface area contributed by atoms with Gasteiger partial charge in [-0.15, -0.1) is 0 Å². The minimum atomic E-state index is -0.612. The summed E-state index contributed by atoms with van der Waals surface area (Å²) in [6, 6.07) is 36.5. The van der Waals surface area contributed by atoms with E-state index in [-0.39, 0.29) is 11.8 Å². The van der Waals surface area contributed by atoms with Crippen molar-refractivity contribution < 1.29 is 19.1 Å². The average Bonchev–Trinajstić information content (AvgIpc) is 3.14. The molecule has 0 atom stereocenters. The standard InChI is InChI=1S/C23H23N3O3.C18H15N3O/c1-23(2,3)29-22(28)26-20-7-5-4-6-19(20)25-21(27)18-10-8-16(9-11-18)17-12-14-24-15-13-17;19-16-3-1-2-4-17(16)21-18(22)15-7-5-13(6-8-15)14-9-11-20-12-10-14/h4-15H,1-3H3,(H,25,27)(H,26,28);1-12H,19H2,(H,21,22). The SMILES string of the molecule is CC(C)(C)OC(=O)Nc1ccccc1NC(=O)c1ccc(-c2ccncc2)cc1.Nc1ccccc1NC(=O)c1ccc(-c2ccncc2)cc1. The first-order valence-corrected chi connectivity index (χ1v) is 16.1. The molecule has 0 saturated carbocycles. The fourth-order valence-electron chi connectivity index (χ4n) is 4.83. The summed E-state index contributed by atoms with van der Waals surface area (Å²) in [4.78, 5) is 45.0. The zero-order valence-corrected chi connectivity index (χ0v) is 28.5. The van der Waals surface area contributed by atoms with Gasteiger partial charge in [0.2, 0.25) is 0 Å². The quantitative estimate of drug-likeness (QED) is 0.123. The van der Waals surface area contributed by atoms with E-state index in [9.17, 15) is 14.4 Å². The Bertz CT molecular complexity index is 2080. The molecule has 256 valence electrons. The summed E-state index contributed by atoms with van der Waals surface area (Å²) < 4.78 is 5.27. The summed E-state index contributed by atoms with van der Waals surface area (Å²) in [6.45, 7) is 5.36. The van der Waals surface area contributed by atoms with Crippen LogP contribution in [0.3, 0.4) is 0 Å². The van der Waals surface area contributed by atoms with Crippen molar-refractivity contribution in [2.45, 2.75) is 26.4 Å². The van der Waals surface area contributed by atoms with E-state index < -0.39 is 11.7 Å². The Morgan fingerprint density at radius 2 is 0.882 bits per heavy atom. The molecular formula is C41H38N6O4. The molecule has 4 aromatic carbocycles. The highest BCUT2D eigenvalue weighted by atomic mass is 16.6. The third kappa shape index (κ3) is 10.3. The average molecular weight is 679 g/mol. The first-order valence-electron chi connectivity index (χ1n) is 16.1. The lowest BCUT2D eigenvalue weighted by Gasteiger charge is -2.20. The number of anilines is 4. The number of carbonyl (C=O) groups is 3. The third-order valence-electron chi connectivity index (χ3n) is 7.34. The van der Waals surface area contributed by atoms with Crippen LogP contribution in [0.15, 0.2) is 146 Å². The molecule has 0 spiro atoms. The lowest BCUT2D eigenvalue weighted by atomic mass is 10.0. The van der Waals surface area contributed by atoms with Crippen LogP contribution in [0.2, 0.25) is 0 Å². The van der Waals surface area contributed by atoms with Crippen molar-refractivity contribution in [2.75, 3.05) is 21.7 Å². The molecule has 10 nitrogen and oxygen atoms in total. The summed E-state index contributed by atoms with van der Waals surface area (Å²) in [6.07, 6.45) is 6.36. The first kappa shape index (κ1) is 35.5. The number of amides is 3. The molecule has 0 bridgehead atoms. The number of rotatable bonds is 7. The summed E-state index contributed by atoms with van der Waals surface area (Å²) in [7, 11) is 0. The fourth-order valence-corrected chi connectivity index (χ4v) is 4.83. The number of aromatic nitrogens is 2. The van der Waals surface area contributed by atoms with Crippen LogP contribution in [0, 0.1) is 0 Å². The molecule has 6 aromatic rings. The number of nitrogens with two attached hydrogens (primary N) is 1. The van der Waals surface area contributed by atoms with Crippen molar-refractivity contribution in [3.63, 3.8) is 0 Å². The van der Waals surface area contributed by atoms with Gasteiger partial charge in [-0.3, -0.25) is 24.9 Å². The van der Waals surface area contributed by atoms with Crippen LogP contribution >= 0.6 is 0 Å². The largest absolute Gasteiger partial charge is 0.444 e. The number of pyridine rings is 2. The van der Waals surface area contributed by atoms with E-state index in [1.807, 2.05) is 60.7 Å². The van der Waals surface area contributed by atoms with Gasteiger partial charge in [0.15, 0.2) is 0 Å². The van der Waals surface area contributed by atoms with Crippen molar-refractivity contribution >= 4 is 40.7 Å². The Morgan fingerprint density at radius 3 is 1.31 bits per heavy atom. The molecule has 6 rings (SSSR count). The van der Waals surface area contributed by atoms with Gasteiger partial charge in [0.05, 0.1) is 22.7 Å². The van der Waals surface area contributed by atoms with E-state index >= 15 is 0 Å². The summed E-state index contributed by atoms with van der Waals surface area (Å²) in [5.74, 6) is -0.455. The maximum absolute atomic E-state index is 12.7. The van der Waals surface area contributed by atoms with E-state index in [1.165, 1.54) is 0 Å². The van der Waals surface area contributed by atoms with Crippen LogP contribution in [0.25, 0.3) is 22.3 Å². The van der Waals surface area contributed by atoms with Gasteiger partial charge in [-0.25, -0.2) is 4.79 Å². The van der Waals surface area contributed by atoms with E-state index in [0.29, 0.717) is 33.9 Å². The number of nitrogens with one attached hydrogen (secondary N) is 3. The van der Waals surface area contributed by atoms with Crippen LogP contribution in [0.4, 0.5) is 27.5 Å². The summed E-state index contributed by atoms with van der Waals surface area (Å²) >= 11 is 0. The van der Waals surface area contributed by atoms with E-state index in [2.05, 4.69) is 25.9 Å². The zero-order chi connectivity index (χ0) is 36.2. The van der Waals surface area contributed by atoms with E-state index in [0.717, 1.165) is 22.3 Å². The lowest BCUT2D eigenvalue weighted by Crippen LogP contribution is -2.27. The molecule has 0 fully saturated rings. The van der Waals surface area contributed by atoms with Gasteiger partial charge in [-0.05, 0) is 116 Å². The van der Waals surface area contributed by atoms with E-state index in [4.69, 9.17) is 10.5 Å². The van der Waals surface area contributed by atoms with Crippen LogP contribution in [0.1, 0.15) is 41.5 Å². The Hall–Kier alpha value is -6.81. The van der Waals surface area contributed by atoms with Crippen LogP contribution < -0.4 is 21.7 Å². The minimum absolute atomic E-state index is 0.181. The molecule has 0 radical (unpaired) electrons. The van der Waals surface area contributed by atoms with Crippen molar-refractivity contribution in [1.82, 2.24) is 9.97 Å². The molecule has 0 aliphatic heterocycles. The maximum atomic E-state index is 12.7. The Kier molecular flexibility index (Phi) is 11.5. The lowest BCUT2D eigenvalue weighted by molar-refractivity contribution is 0.0635. The second kappa shape index (κ2) is 16.5. The highest BCUT2D eigenvalue weighted by molar-refractivity contribution is 6.07. The van der Waals surface area contributed by atoms with Gasteiger partial charge < -0.3 is 21.1 Å². The normalized spacial score (nSPS) is 10.6. The Labute approximate surface area is 296 Å². The van der Waals surface area contributed by atoms with E-state index in [1.54, 1.807) is 106 Å². The van der Waals surface area contributed by atoms with Gasteiger partial charge in [-0.1, -0.05) is 48.5 Å². The molecule has 0 unspecified atom stereocenters. The number of nitrogens with zero attached hydrogens (tertiary/aromatic N) is 2. The fraction of sp³-hybridized carbons (Fsp3) is 0.0976. The van der Waals surface area contributed by atoms with Gasteiger partial charge in [0.1, 0.15) is 5.60 Å². The Morgan fingerprint density at radius 1 is 0.510 bits per heavy atom. The molecule has 0 aliphatic rings. The monoisotopic (exact) mass is 678 g/mol. The van der Waals surface area contributed by atoms with Gasteiger partial charge >= 0.3 is 6.09 Å². The molecule has 10 heteroatoms. The molecule has 5 N–H and O–H groups in total. The van der Waals surface area contributed by atoms with Crippen molar-refractivity contribution in [3.8, 4) is 22.3 Å². The highest BCUT2D eigenvalue weighted by Crippen LogP contribution is 2.25. The van der Waals surface area contributed by atoms with Crippen molar-refractivity contribution in [3.05, 3.63) is 157 Å². The maximum Gasteiger partial charge on any atom is 0.412 e. The topological polar surface area (TPSA) is 148 Å². The van der Waals surface area contributed by atoms with Gasteiger partial charge in [0.25, 0.3) is 11.8 Å². The summed E-state index contributed by atoms with van der Waals surface area (Å²) in [5.41, 5.74) is 12.5. The third-order valence-corrected chi connectivity index (χ3v) is 7.34. The molecule has 51 heavy (non-hydrogen) atoms. The number of ether oxygens (including phenoxy) is 1. The predicted molar refractivity (Wildman–Crippen MR) is 202 cm³/mol. The van der Waals surface area contributed by atoms with Crippen LogP contribution in [-0.2, 0) is 4.74 Å². The second-order valence-electron chi connectivity index (χ2n) is 12.3. The molecule has 2 aromatic heterocycles. The first-order chi connectivity index (χ1) is 24.6. The minimum Gasteiger partial charge on any atom is -0.444 e. The molecule has 0 saturated heterocycles. The molecule has 3 amide bonds. The number of benzene rings is 4. The van der Waals surface area contributed by atoms with Crippen molar-refractivity contribution in [2.24, 2.45) is 0 Å². The smallest absolute Gasteiger partial charge is 0.412 e. The van der Waals surface area contributed by atoms with Gasteiger partial charge in [0, 0.05) is 35.9 Å². The number of nitrogen functional groups attached to an aromatic ring is 1. The second-order valence-corrected chi connectivity index (χ2v) is 12.3. The summed E-state index contributed by atoms with van der Waals surface area (Å²) in [5, 5.41) is 8.32. The molecule has 0 aliphatic carbocycles. The predicted octanol–water partition coefficient (Wildman–Crippen LogP) is 8.93. The number of hydrogen-bond acceptors (Lipinski definition) is 7. The zero-order valence-electron chi connectivity index (χ0n) is 28.5. The van der Waals surface area contributed by atoms with Crippen LogP contribution in [-0.4, -0.2) is 33.5 Å². The Balaban J connectivity index is 0.000000205. The highest BCUT2D eigenvalue weighted by Gasteiger charge is 2.18. The number of para-hydroxylation sites is 4. The molecular weight excluding hydrogens is 640 g/mol.